The number of rotatable bonds is 5. The van der Waals surface area contributed by atoms with Crippen LogP contribution >= 0.6 is 0 Å². The van der Waals surface area contributed by atoms with E-state index in [9.17, 15) is 4.79 Å². The summed E-state index contributed by atoms with van der Waals surface area (Å²) in [6, 6.07) is 22.9. The van der Waals surface area contributed by atoms with Gasteiger partial charge in [-0.15, -0.1) is 0 Å². The van der Waals surface area contributed by atoms with Gasteiger partial charge in [0.25, 0.3) is 5.91 Å². The van der Waals surface area contributed by atoms with Crippen molar-refractivity contribution in [1.29, 1.82) is 0 Å². The quantitative estimate of drug-likeness (QED) is 0.427. The number of para-hydroxylation sites is 1. The number of hydrogen-bond donors (Lipinski definition) is 3. The fourth-order valence-corrected chi connectivity index (χ4v) is 3.66. The molecule has 156 valence electrons. The maximum Gasteiger partial charge on any atom is 0.255 e. The lowest BCUT2D eigenvalue weighted by Gasteiger charge is -2.36. The summed E-state index contributed by atoms with van der Waals surface area (Å²) in [6.45, 7) is 2.94. The molecule has 1 aliphatic heterocycles. The van der Waals surface area contributed by atoms with Gasteiger partial charge in [0, 0.05) is 28.4 Å². The van der Waals surface area contributed by atoms with Crippen LogP contribution in [0.15, 0.2) is 79.0 Å². The standard InChI is InChI=1S/C25H23N3O3/c1-25(15-30-20-5-3-2-4-6-20)16-31-23-10-7-18(14-22(23)28-25)24(29)27-19-8-9-21-17(13-19)11-12-26-21/h2-14,26,28H,15-16H2,1H3,(H,27,29). The average molecular weight is 413 g/mol. The molecule has 1 unspecified atom stereocenters. The minimum Gasteiger partial charge on any atom is -0.491 e. The van der Waals surface area contributed by atoms with Crippen LogP contribution < -0.4 is 20.1 Å². The van der Waals surface area contributed by atoms with Crippen LogP contribution in [0.4, 0.5) is 11.4 Å². The minimum absolute atomic E-state index is 0.174. The second-order valence-corrected chi connectivity index (χ2v) is 8.02. The molecule has 1 amide bonds. The van der Waals surface area contributed by atoms with Gasteiger partial charge in [0.15, 0.2) is 0 Å². The molecule has 1 aliphatic rings. The maximum absolute atomic E-state index is 12.8. The van der Waals surface area contributed by atoms with Crippen molar-refractivity contribution in [2.45, 2.75) is 12.5 Å². The van der Waals surface area contributed by atoms with Gasteiger partial charge in [0.05, 0.1) is 5.69 Å². The Morgan fingerprint density at radius 1 is 1.10 bits per heavy atom. The highest BCUT2D eigenvalue weighted by Crippen LogP contribution is 2.34. The topological polar surface area (TPSA) is 75.4 Å². The van der Waals surface area contributed by atoms with Crippen LogP contribution in [0.25, 0.3) is 10.9 Å². The lowest BCUT2D eigenvalue weighted by Crippen LogP contribution is -2.48. The number of carbonyl (C=O) groups is 1. The van der Waals surface area contributed by atoms with Crippen LogP contribution in [0, 0.1) is 0 Å². The molecule has 31 heavy (non-hydrogen) atoms. The normalized spacial score (nSPS) is 17.3. The second-order valence-electron chi connectivity index (χ2n) is 8.02. The smallest absolute Gasteiger partial charge is 0.255 e. The number of nitrogens with one attached hydrogen (secondary N) is 3. The van der Waals surface area contributed by atoms with Gasteiger partial charge in [0.2, 0.25) is 0 Å². The summed E-state index contributed by atoms with van der Waals surface area (Å²) in [5.41, 5.74) is 2.69. The highest BCUT2D eigenvalue weighted by molar-refractivity contribution is 6.06. The zero-order chi connectivity index (χ0) is 21.3. The van der Waals surface area contributed by atoms with Crippen molar-refractivity contribution in [1.82, 2.24) is 4.98 Å². The van der Waals surface area contributed by atoms with Crippen molar-refractivity contribution >= 4 is 28.2 Å². The molecule has 2 heterocycles. The van der Waals surface area contributed by atoms with E-state index in [1.54, 1.807) is 6.07 Å². The molecule has 5 rings (SSSR count). The molecule has 0 fully saturated rings. The maximum atomic E-state index is 12.8. The Kier molecular flexibility index (Phi) is 4.75. The summed E-state index contributed by atoms with van der Waals surface area (Å²) in [7, 11) is 0. The monoisotopic (exact) mass is 413 g/mol. The SMILES string of the molecule is CC1(COc2ccccc2)COc2ccc(C(=O)Nc3ccc4[nH]ccc4c3)cc2N1. The molecule has 6 nitrogen and oxygen atoms in total. The van der Waals surface area contributed by atoms with Crippen LogP contribution in [0.1, 0.15) is 17.3 Å². The predicted molar refractivity (Wildman–Crippen MR) is 122 cm³/mol. The molecule has 0 bridgehead atoms. The Hall–Kier alpha value is -3.93. The van der Waals surface area contributed by atoms with E-state index in [0.717, 1.165) is 33.8 Å². The Bertz CT molecular complexity index is 1240. The number of carbonyl (C=O) groups excluding carboxylic acids is 1. The van der Waals surface area contributed by atoms with Crippen LogP contribution in [-0.2, 0) is 0 Å². The lowest BCUT2D eigenvalue weighted by molar-refractivity contribution is 0.102. The summed E-state index contributed by atoms with van der Waals surface area (Å²) in [5, 5.41) is 7.51. The molecule has 0 spiro atoms. The van der Waals surface area contributed by atoms with E-state index in [1.165, 1.54) is 0 Å². The molecule has 0 saturated heterocycles. The summed E-state index contributed by atoms with van der Waals surface area (Å²) >= 11 is 0. The number of anilines is 2. The Morgan fingerprint density at radius 2 is 1.97 bits per heavy atom. The Morgan fingerprint density at radius 3 is 2.84 bits per heavy atom. The van der Waals surface area contributed by atoms with Gasteiger partial charge in [-0.3, -0.25) is 4.79 Å². The third-order valence-corrected chi connectivity index (χ3v) is 5.34. The first-order valence-corrected chi connectivity index (χ1v) is 10.2. The summed E-state index contributed by atoms with van der Waals surface area (Å²) in [5.74, 6) is 1.36. The van der Waals surface area contributed by atoms with E-state index in [1.807, 2.05) is 79.9 Å². The van der Waals surface area contributed by atoms with Gasteiger partial charge in [-0.25, -0.2) is 0 Å². The van der Waals surface area contributed by atoms with Gasteiger partial charge in [0.1, 0.15) is 30.3 Å². The van der Waals surface area contributed by atoms with E-state index in [4.69, 9.17) is 9.47 Å². The number of aromatic amines is 1. The van der Waals surface area contributed by atoms with Crippen molar-refractivity contribution in [3.63, 3.8) is 0 Å². The van der Waals surface area contributed by atoms with E-state index in [2.05, 4.69) is 15.6 Å². The fourth-order valence-electron chi connectivity index (χ4n) is 3.66. The minimum atomic E-state index is -0.419. The molecular formula is C25H23N3O3. The molecular weight excluding hydrogens is 390 g/mol. The molecule has 0 aliphatic carbocycles. The zero-order valence-corrected chi connectivity index (χ0v) is 17.1. The summed E-state index contributed by atoms with van der Waals surface area (Å²) in [6.07, 6.45) is 1.88. The third-order valence-electron chi connectivity index (χ3n) is 5.34. The number of H-pyrrole nitrogens is 1. The molecule has 4 aromatic rings. The van der Waals surface area contributed by atoms with Crippen LogP contribution in [0.5, 0.6) is 11.5 Å². The van der Waals surface area contributed by atoms with Crippen molar-refractivity contribution in [2.24, 2.45) is 0 Å². The van der Waals surface area contributed by atoms with Gasteiger partial charge in [-0.05, 0) is 61.5 Å². The number of amides is 1. The first-order valence-electron chi connectivity index (χ1n) is 10.2. The number of ether oxygens (including phenoxy) is 2. The van der Waals surface area contributed by atoms with Gasteiger partial charge >= 0.3 is 0 Å². The molecule has 0 saturated carbocycles. The Balaban J connectivity index is 1.30. The molecule has 1 aromatic heterocycles. The van der Waals surface area contributed by atoms with E-state index in [0.29, 0.717) is 18.8 Å². The Labute approximate surface area is 180 Å². The third kappa shape index (κ3) is 4.05. The molecule has 0 radical (unpaired) electrons. The van der Waals surface area contributed by atoms with Gasteiger partial charge < -0.3 is 25.1 Å². The van der Waals surface area contributed by atoms with E-state index in [-0.39, 0.29) is 5.91 Å². The second kappa shape index (κ2) is 7.72. The highest BCUT2D eigenvalue weighted by atomic mass is 16.5. The van der Waals surface area contributed by atoms with Crippen LogP contribution in [-0.4, -0.2) is 29.6 Å². The largest absolute Gasteiger partial charge is 0.491 e. The van der Waals surface area contributed by atoms with Gasteiger partial charge in [-0.2, -0.15) is 0 Å². The number of aromatic nitrogens is 1. The lowest BCUT2D eigenvalue weighted by atomic mass is 10.0. The van der Waals surface area contributed by atoms with Crippen molar-refractivity contribution in [3.8, 4) is 11.5 Å². The molecule has 3 N–H and O–H groups in total. The van der Waals surface area contributed by atoms with Gasteiger partial charge in [-0.1, -0.05) is 18.2 Å². The fraction of sp³-hybridized carbons (Fsp3) is 0.160. The average Bonchev–Trinajstić information content (AvgIpc) is 3.26. The molecule has 1 atom stereocenters. The number of benzene rings is 3. The molecule has 6 heteroatoms. The van der Waals surface area contributed by atoms with E-state index < -0.39 is 5.54 Å². The number of fused-ring (bicyclic) bond motifs is 2. The summed E-state index contributed by atoms with van der Waals surface area (Å²) in [4.78, 5) is 16.0. The summed E-state index contributed by atoms with van der Waals surface area (Å²) < 4.78 is 11.9. The first kappa shape index (κ1) is 19.1. The highest BCUT2D eigenvalue weighted by Gasteiger charge is 2.32. The van der Waals surface area contributed by atoms with Crippen molar-refractivity contribution in [3.05, 3.63) is 84.6 Å². The van der Waals surface area contributed by atoms with E-state index >= 15 is 0 Å². The van der Waals surface area contributed by atoms with Crippen molar-refractivity contribution in [2.75, 3.05) is 23.8 Å². The zero-order valence-electron chi connectivity index (χ0n) is 17.1. The van der Waals surface area contributed by atoms with Crippen LogP contribution in [0.3, 0.4) is 0 Å². The first-order chi connectivity index (χ1) is 15.1. The molecule has 3 aromatic carbocycles. The van der Waals surface area contributed by atoms with Crippen molar-refractivity contribution < 1.29 is 14.3 Å². The predicted octanol–water partition coefficient (Wildman–Crippen LogP) is 5.06. The van der Waals surface area contributed by atoms with Crippen LogP contribution in [0.2, 0.25) is 0 Å². The number of hydrogen-bond acceptors (Lipinski definition) is 4.